The fourth-order valence-corrected chi connectivity index (χ4v) is 3.59. The molecule has 0 aromatic heterocycles. The molecule has 0 aromatic carbocycles. The highest BCUT2D eigenvalue weighted by molar-refractivity contribution is 4.83. The maximum Gasteiger partial charge on any atom is -0.00463 e. The van der Waals surface area contributed by atoms with Gasteiger partial charge < -0.3 is 5.32 Å². The maximum atomic E-state index is 3.61. The molecule has 1 aliphatic rings. The zero-order valence-electron chi connectivity index (χ0n) is 12.7. The molecule has 1 N–H and O–H groups in total. The second kappa shape index (κ2) is 6.78. The van der Waals surface area contributed by atoms with Crippen LogP contribution in [-0.2, 0) is 0 Å². The summed E-state index contributed by atoms with van der Waals surface area (Å²) in [6, 6.07) is 0. The van der Waals surface area contributed by atoms with Crippen molar-refractivity contribution in [3.8, 4) is 0 Å². The van der Waals surface area contributed by atoms with Gasteiger partial charge in [-0.15, -0.1) is 0 Å². The topological polar surface area (TPSA) is 12.0 Å². The second-order valence-corrected chi connectivity index (χ2v) is 7.50. The normalized spacial score (nSPS) is 28.6. The molecule has 1 saturated carbocycles. The molecular formula is C16H33N. The molecule has 0 aromatic rings. The molecular weight excluding hydrogens is 206 g/mol. The van der Waals surface area contributed by atoms with Crippen LogP contribution in [0.3, 0.4) is 0 Å². The van der Waals surface area contributed by atoms with Gasteiger partial charge in [0, 0.05) is 0 Å². The molecule has 0 heterocycles. The third-order valence-corrected chi connectivity index (χ3v) is 4.11. The lowest BCUT2D eigenvalue weighted by Crippen LogP contribution is -2.30. The summed E-state index contributed by atoms with van der Waals surface area (Å²) < 4.78 is 0. The minimum Gasteiger partial charge on any atom is -0.317 e. The van der Waals surface area contributed by atoms with Crippen molar-refractivity contribution in [2.24, 2.45) is 23.2 Å². The highest BCUT2D eigenvalue weighted by Gasteiger charge is 2.31. The predicted octanol–water partition coefficient (Wildman–Crippen LogP) is 4.47. The molecule has 2 atom stereocenters. The summed E-state index contributed by atoms with van der Waals surface area (Å²) in [7, 11) is 0. The number of rotatable bonds is 6. The van der Waals surface area contributed by atoms with Gasteiger partial charge in [-0.3, -0.25) is 0 Å². The van der Waals surface area contributed by atoms with Crippen LogP contribution in [0, 0.1) is 23.2 Å². The molecule has 0 amide bonds. The van der Waals surface area contributed by atoms with E-state index in [-0.39, 0.29) is 0 Å². The zero-order valence-corrected chi connectivity index (χ0v) is 12.7. The van der Waals surface area contributed by atoms with E-state index < -0.39 is 0 Å². The Kier molecular flexibility index (Phi) is 5.99. The molecule has 1 nitrogen and oxygen atoms in total. The van der Waals surface area contributed by atoms with Crippen molar-refractivity contribution >= 4 is 0 Å². The van der Waals surface area contributed by atoms with Crippen LogP contribution >= 0.6 is 0 Å². The van der Waals surface area contributed by atoms with E-state index in [2.05, 4.69) is 39.9 Å². The molecule has 1 rings (SSSR count). The third-order valence-electron chi connectivity index (χ3n) is 4.11. The van der Waals surface area contributed by atoms with Crippen LogP contribution in [0.1, 0.15) is 66.7 Å². The summed E-state index contributed by atoms with van der Waals surface area (Å²) in [4.78, 5) is 0. The minimum absolute atomic E-state index is 0.584. The number of hydrogen-bond acceptors (Lipinski definition) is 1. The largest absolute Gasteiger partial charge is 0.317 e. The van der Waals surface area contributed by atoms with Crippen LogP contribution in [0.15, 0.2) is 0 Å². The lowest BCUT2D eigenvalue weighted by molar-refractivity contribution is 0.127. The van der Waals surface area contributed by atoms with E-state index in [0.29, 0.717) is 5.41 Å². The van der Waals surface area contributed by atoms with Crippen molar-refractivity contribution in [2.45, 2.75) is 66.7 Å². The molecule has 0 saturated heterocycles. The first-order chi connectivity index (χ1) is 7.89. The van der Waals surface area contributed by atoms with Gasteiger partial charge in [0.1, 0.15) is 0 Å². The first kappa shape index (κ1) is 15.0. The number of hydrogen-bond donors (Lipinski definition) is 1. The Morgan fingerprint density at radius 2 is 1.88 bits per heavy atom. The maximum absolute atomic E-state index is 3.61. The quantitative estimate of drug-likeness (QED) is 0.674. The first-order valence-corrected chi connectivity index (χ1v) is 7.60. The van der Waals surface area contributed by atoms with Crippen LogP contribution in [-0.4, -0.2) is 13.1 Å². The van der Waals surface area contributed by atoms with Gasteiger partial charge in [0.05, 0.1) is 0 Å². The van der Waals surface area contributed by atoms with Crippen molar-refractivity contribution in [3.63, 3.8) is 0 Å². The average Bonchev–Trinajstić information content (AvgIpc) is 2.13. The van der Waals surface area contributed by atoms with Gasteiger partial charge in [-0.2, -0.15) is 0 Å². The number of nitrogens with one attached hydrogen (secondary N) is 1. The Morgan fingerprint density at radius 3 is 2.47 bits per heavy atom. The van der Waals surface area contributed by atoms with Gasteiger partial charge in [0.2, 0.25) is 0 Å². The van der Waals surface area contributed by atoms with Gasteiger partial charge in [-0.05, 0) is 68.4 Å². The molecule has 0 radical (unpaired) electrons. The van der Waals surface area contributed by atoms with Crippen LogP contribution in [0.25, 0.3) is 0 Å². The van der Waals surface area contributed by atoms with Crippen LogP contribution in [0.4, 0.5) is 0 Å². The highest BCUT2D eigenvalue weighted by Crippen LogP contribution is 2.42. The SMILES string of the molecule is CC(C)CCNCCC1CC(C)CC(C)(C)C1. The average molecular weight is 239 g/mol. The summed E-state index contributed by atoms with van der Waals surface area (Å²) >= 11 is 0. The molecule has 17 heavy (non-hydrogen) atoms. The molecule has 2 unspecified atom stereocenters. The van der Waals surface area contributed by atoms with E-state index in [1.807, 2.05) is 0 Å². The van der Waals surface area contributed by atoms with E-state index in [1.54, 1.807) is 0 Å². The van der Waals surface area contributed by atoms with E-state index >= 15 is 0 Å². The monoisotopic (exact) mass is 239 g/mol. The van der Waals surface area contributed by atoms with Gasteiger partial charge in [0.25, 0.3) is 0 Å². The van der Waals surface area contributed by atoms with E-state index in [4.69, 9.17) is 0 Å². The predicted molar refractivity (Wildman–Crippen MR) is 77.2 cm³/mol. The Hall–Kier alpha value is -0.0400. The van der Waals surface area contributed by atoms with Crippen molar-refractivity contribution < 1.29 is 0 Å². The Labute approximate surface area is 109 Å². The molecule has 0 bridgehead atoms. The Balaban J connectivity index is 2.14. The lowest BCUT2D eigenvalue weighted by atomic mass is 9.67. The standard InChI is InChI=1S/C16H33N/c1-13(2)6-8-17-9-7-15-10-14(3)11-16(4,5)12-15/h13-15,17H,6-12H2,1-5H3. The molecule has 0 aliphatic heterocycles. The molecule has 1 aliphatic carbocycles. The van der Waals surface area contributed by atoms with Crippen LogP contribution in [0.5, 0.6) is 0 Å². The summed E-state index contributed by atoms with van der Waals surface area (Å²) in [5, 5.41) is 3.61. The first-order valence-electron chi connectivity index (χ1n) is 7.60. The van der Waals surface area contributed by atoms with Crippen LogP contribution in [0.2, 0.25) is 0 Å². The smallest absolute Gasteiger partial charge is 0.00463 e. The van der Waals surface area contributed by atoms with Crippen molar-refractivity contribution in [3.05, 3.63) is 0 Å². The Morgan fingerprint density at radius 1 is 1.18 bits per heavy atom. The Bertz CT molecular complexity index is 208. The van der Waals surface area contributed by atoms with Gasteiger partial charge in [-0.25, -0.2) is 0 Å². The fraction of sp³-hybridized carbons (Fsp3) is 1.00. The molecule has 1 fully saturated rings. The zero-order chi connectivity index (χ0) is 12.9. The summed E-state index contributed by atoms with van der Waals surface area (Å²) in [5.41, 5.74) is 0.584. The van der Waals surface area contributed by atoms with E-state index in [9.17, 15) is 0 Å². The molecule has 0 spiro atoms. The molecule has 1 heteroatoms. The second-order valence-electron chi connectivity index (χ2n) is 7.50. The van der Waals surface area contributed by atoms with E-state index in [1.165, 1.54) is 45.2 Å². The van der Waals surface area contributed by atoms with Crippen molar-refractivity contribution in [1.29, 1.82) is 0 Å². The minimum atomic E-state index is 0.584. The van der Waals surface area contributed by atoms with Gasteiger partial charge in [0.15, 0.2) is 0 Å². The summed E-state index contributed by atoms with van der Waals surface area (Å²) in [6.45, 7) is 14.3. The van der Waals surface area contributed by atoms with E-state index in [0.717, 1.165) is 17.8 Å². The highest BCUT2D eigenvalue weighted by atomic mass is 14.8. The fourth-order valence-electron chi connectivity index (χ4n) is 3.59. The van der Waals surface area contributed by atoms with Gasteiger partial charge in [-0.1, -0.05) is 34.6 Å². The summed E-state index contributed by atoms with van der Waals surface area (Å²) in [6.07, 6.45) is 7.00. The third kappa shape index (κ3) is 6.45. The van der Waals surface area contributed by atoms with Crippen molar-refractivity contribution in [2.75, 3.05) is 13.1 Å². The molecule has 102 valence electrons. The van der Waals surface area contributed by atoms with Crippen LogP contribution < -0.4 is 5.32 Å². The van der Waals surface area contributed by atoms with Crippen molar-refractivity contribution in [1.82, 2.24) is 5.32 Å². The summed E-state index contributed by atoms with van der Waals surface area (Å²) in [5.74, 6) is 2.72. The van der Waals surface area contributed by atoms with Gasteiger partial charge >= 0.3 is 0 Å². The lowest BCUT2D eigenvalue weighted by Gasteiger charge is -2.39.